The summed E-state index contributed by atoms with van der Waals surface area (Å²) in [4.78, 5) is 37.2. The zero-order valence-electron chi connectivity index (χ0n) is 15.6. The van der Waals surface area contributed by atoms with Crippen LogP contribution in [0.2, 0.25) is 0 Å². The molecule has 0 saturated carbocycles. The Kier molecular flexibility index (Phi) is 3.89. The Hall–Kier alpha value is -2.48. The topological polar surface area (TPSA) is 87.1 Å². The van der Waals surface area contributed by atoms with Gasteiger partial charge < -0.3 is 4.90 Å². The van der Waals surface area contributed by atoms with Crippen LogP contribution in [-0.2, 0) is 12.8 Å². The zero-order valence-corrected chi connectivity index (χ0v) is 15.6. The lowest BCUT2D eigenvalue weighted by Gasteiger charge is -2.37. The predicted octanol–water partition coefficient (Wildman–Crippen LogP) is 0.673. The van der Waals surface area contributed by atoms with Gasteiger partial charge >= 0.3 is 0 Å². The van der Waals surface area contributed by atoms with E-state index in [4.69, 9.17) is 0 Å². The fraction of sp³-hybridized carbons (Fsp3) is 0.579. The molecule has 2 fully saturated rings. The molecule has 1 amide bonds. The number of carbonyl (C=O) groups is 1. The average Bonchev–Trinajstić information content (AvgIpc) is 3.39. The van der Waals surface area contributed by atoms with Gasteiger partial charge in [0, 0.05) is 31.2 Å². The van der Waals surface area contributed by atoms with Crippen LogP contribution in [0.1, 0.15) is 46.6 Å². The number of carbonyl (C=O) groups excluding carboxylic acids is 1. The number of nitrogens with one attached hydrogen (secondary N) is 1. The number of H-pyrrole nitrogens is 1. The highest BCUT2D eigenvalue weighted by Gasteiger charge is 2.33. The molecule has 2 saturated heterocycles. The highest BCUT2D eigenvalue weighted by molar-refractivity contribution is 5.95. The van der Waals surface area contributed by atoms with E-state index in [2.05, 4.69) is 20.0 Å². The molecule has 0 aromatic carbocycles. The highest BCUT2D eigenvalue weighted by atomic mass is 16.2. The lowest BCUT2D eigenvalue weighted by molar-refractivity contribution is 0.0570. The maximum absolute atomic E-state index is 13.1. The molecule has 0 unspecified atom stereocenters. The number of rotatable bonds is 2. The summed E-state index contributed by atoms with van der Waals surface area (Å²) in [6, 6.07) is 0.493. The van der Waals surface area contributed by atoms with E-state index < -0.39 is 0 Å². The number of amides is 1. The Bertz CT molecular complexity index is 962. The average molecular weight is 368 g/mol. The molecular formula is C19H24N6O2. The van der Waals surface area contributed by atoms with Crippen LogP contribution >= 0.6 is 0 Å². The molecule has 2 aromatic heterocycles. The number of piperazine rings is 1. The smallest absolute Gasteiger partial charge is 0.257 e. The van der Waals surface area contributed by atoms with Crippen molar-refractivity contribution in [2.75, 3.05) is 26.2 Å². The molecule has 2 aliphatic heterocycles. The van der Waals surface area contributed by atoms with E-state index in [9.17, 15) is 9.59 Å². The maximum Gasteiger partial charge on any atom is 0.257 e. The van der Waals surface area contributed by atoms with Crippen LogP contribution in [0.3, 0.4) is 0 Å². The highest BCUT2D eigenvalue weighted by Crippen LogP contribution is 2.24. The molecule has 0 radical (unpaired) electrons. The SMILES string of the molecule is Cc1c(C(=O)N2CCN3CCC[C@@H]3C2)cnn1-c1nc2c(c(=O)[nH]1)CCC2. The Morgan fingerprint density at radius 1 is 1.22 bits per heavy atom. The second kappa shape index (κ2) is 6.30. The third-order valence-electron chi connectivity index (χ3n) is 6.24. The maximum atomic E-state index is 13.1. The van der Waals surface area contributed by atoms with Gasteiger partial charge in [0.15, 0.2) is 0 Å². The second-order valence-electron chi connectivity index (χ2n) is 7.81. The third-order valence-corrected chi connectivity index (χ3v) is 6.24. The van der Waals surface area contributed by atoms with Crippen molar-refractivity contribution in [1.29, 1.82) is 0 Å². The lowest BCUT2D eigenvalue weighted by Crippen LogP contribution is -2.52. The molecular weight excluding hydrogens is 344 g/mol. The first-order chi connectivity index (χ1) is 13.1. The summed E-state index contributed by atoms with van der Waals surface area (Å²) < 4.78 is 1.58. The second-order valence-corrected chi connectivity index (χ2v) is 7.81. The van der Waals surface area contributed by atoms with Gasteiger partial charge in [0.05, 0.1) is 23.1 Å². The minimum atomic E-state index is -0.0902. The van der Waals surface area contributed by atoms with Gasteiger partial charge in [-0.3, -0.25) is 19.5 Å². The van der Waals surface area contributed by atoms with Gasteiger partial charge in [-0.2, -0.15) is 5.10 Å². The van der Waals surface area contributed by atoms with Gasteiger partial charge in [0.1, 0.15) is 0 Å². The molecule has 0 bridgehead atoms. The Labute approximate surface area is 157 Å². The molecule has 3 aliphatic rings. The van der Waals surface area contributed by atoms with E-state index >= 15 is 0 Å². The van der Waals surface area contributed by atoms with Crippen LogP contribution in [0, 0.1) is 6.92 Å². The minimum Gasteiger partial charge on any atom is -0.336 e. The van der Waals surface area contributed by atoms with E-state index in [-0.39, 0.29) is 11.5 Å². The molecule has 8 heteroatoms. The van der Waals surface area contributed by atoms with Crippen molar-refractivity contribution in [3.05, 3.63) is 39.1 Å². The number of nitrogens with zero attached hydrogens (tertiary/aromatic N) is 5. The van der Waals surface area contributed by atoms with Crippen molar-refractivity contribution < 1.29 is 4.79 Å². The Morgan fingerprint density at radius 2 is 2.11 bits per heavy atom. The number of fused-ring (bicyclic) bond motifs is 2. The fourth-order valence-electron chi connectivity index (χ4n) is 4.71. The molecule has 1 N–H and O–H groups in total. The summed E-state index contributed by atoms with van der Waals surface area (Å²) in [7, 11) is 0. The number of aromatic amines is 1. The molecule has 1 aliphatic carbocycles. The van der Waals surface area contributed by atoms with E-state index in [1.54, 1.807) is 10.9 Å². The largest absolute Gasteiger partial charge is 0.336 e. The van der Waals surface area contributed by atoms with Crippen LogP contribution in [-0.4, -0.2) is 67.7 Å². The fourth-order valence-corrected chi connectivity index (χ4v) is 4.71. The number of hydrogen-bond donors (Lipinski definition) is 1. The summed E-state index contributed by atoms with van der Waals surface area (Å²) in [6.45, 7) is 5.51. The molecule has 0 spiro atoms. The Balaban J connectivity index is 1.43. The van der Waals surface area contributed by atoms with Gasteiger partial charge in [0.25, 0.3) is 11.5 Å². The van der Waals surface area contributed by atoms with Gasteiger partial charge in [-0.25, -0.2) is 9.67 Å². The monoisotopic (exact) mass is 368 g/mol. The van der Waals surface area contributed by atoms with E-state index in [1.165, 1.54) is 12.8 Å². The van der Waals surface area contributed by atoms with Crippen LogP contribution in [0.5, 0.6) is 0 Å². The summed E-state index contributed by atoms with van der Waals surface area (Å²) in [5.74, 6) is 0.423. The van der Waals surface area contributed by atoms with Crippen LogP contribution in [0.4, 0.5) is 0 Å². The molecule has 5 rings (SSSR count). The lowest BCUT2D eigenvalue weighted by atomic mass is 10.1. The van der Waals surface area contributed by atoms with E-state index in [0.29, 0.717) is 17.6 Å². The first-order valence-electron chi connectivity index (χ1n) is 9.82. The van der Waals surface area contributed by atoms with Crippen molar-refractivity contribution in [3.63, 3.8) is 0 Å². The summed E-state index contributed by atoms with van der Waals surface area (Å²) in [6.07, 6.45) is 6.57. The number of aryl methyl sites for hydroxylation is 1. The van der Waals surface area contributed by atoms with Crippen molar-refractivity contribution in [2.45, 2.75) is 45.1 Å². The number of hydrogen-bond acceptors (Lipinski definition) is 5. The van der Waals surface area contributed by atoms with E-state index in [1.807, 2.05) is 11.8 Å². The Morgan fingerprint density at radius 3 is 3.00 bits per heavy atom. The molecule has 27 heavy (non-hydrogen) atoms. The van der Waals surface area contributed by atoms with Crippen molar-refractivity contribution in [1.82, 2.24) is 29.5 Å². The van der Waals surface area contributed by atoms with Gasteiger partial charge in [-0.15, -0.1) is 0 Å². The van der Waals surface area contributed by atoms with Gasteiger partial charge in [0.2, 0.25) is 5.95 Å². The van der Waals surface area contributed by atoms with Gasteiger partial charge in [-0.05, 0) is 45.6 Å². The summed E-state index contributed by atoms with van der Waals surface area (Å²) in [5.41, 5.74) is 2.86. The normalized spacial score (nSPS) is 22.1. The molecule has 142 valence electrons. The summed E-state index contributed by atoms with van der Waals surface area (Å²) in [5, 5.41) is 4.36. The first kappa shape index (κ1) is 16.7. The minimum absolute atomic E-state index is 0.0220. The summed E-state index contributed by atoms with van der Waals surface area (Å²) >= 11 is 0. The van der Waals surface area contributed by atoms with Crippen LogP contribution in [0.15, 0.2) is 11.0 Å². The van der Waals surface area contributed by atoms with Crippen LogP contribution in [0.25, 0.3) is 5.95 Å². The molecule has 1 atom stereocenters. The van der Waals surface area contributed by atoms with Crippen molar-refractivity contribution >= 4 is 5.91 Å². The zero-order chi connectivity index (χ0) is 18.5. The van der Waals surface area contributed by atoms with Gasteiger partial charge in [-0.1, -0.05) is 0 Å². The third kappa shape index (κ3) is 2.70. The predicted molar refractivity (Wildman–Crippen MR) is 99.2 cm³/mol. The molecule has 8 nitrogen and oxygen atoms in total. The molecule has 2 aromatic rings. The van der Waals surface area contributed by atoms with Crippen molar-refractivity contribution in [2.24, 2.45) is 0 Å². The van der Waals surface area contributed by atoms with Crippen LogP contribution < -0.4 is 5.56 Å². The first-order valence-corrected chi connectivity index (χ1v) is 9.82. The van der Waals surface area contributed by atoms with E-state index in [0.717, 1.165) is 62.4 Å². The quantitative estimate of drug-likeness (QED) is 0.842. The standard InChI is InChI=1S/C19H24N6O2/c1-12-15(18(27)24-9-8-23-7-3-4-13(23)11-24)10-20-25(12)19-21-16-6-2-5-14(16)17(26)22-19/h10,13H,2-9,11H2,1H3,(H,21,22,26)/t13-/m1/s1. The van der Waals surface area contributed by atoms with Crippen molar-refractivity contribution in [3.8, 4) is 5.95 Å². The molecule has 4 heterocycles. The number of aromatic nitrogens is 4.